The van der Waals surface area contributed by atoms with Gasteiger partial charge in [0.1, 0.15) is 0 Å². The second kappa shape index (κ2) is 7.32. The summed E-state index contributed by atoms with van der Waals surface area (Å²) in [6, 6.07) is 3.51. The lowest BCUT2D eigenvalue weighted by molar-refractivity contribution is -0.0501. The minimum absolute atomic E-state index is 0.0246. The number of nitrogens with zero attached hydrogens (tertiary/aromatic N) is 2. The van der Waals surface area contributed by atoms with Gasteiger partial charge in [0.05, 0.1) is 16.6 Å². The van der Waals surface area contributed by atoms with E-state index in [4.69, 9.17) is 5.11 Å². The molecule has 0 aliphatic carbocycles. The summed E-state index contributed by atoms with van der Waals surface area (Å²) in [4.78, 5) is 18.7. The number of rotatable bonds is 7. The van der Waals surface area contributed by atoms with Crippen molar-refractivity contribution in [2.24, 2.45) is 0 Å². The summed E-state index contributed by atoms with van der Waals surface area (Å²) in [5.41, 5.74) is -5.70. The van der Waals surface area contributed by atoms with Gasteiger partial charge in [-0.2, -0.15) is 21.6 Å². The quantitative estimate of drug-likeness (QED) is 0.419. The van der Waals surface area contributed by atoms with Gasteiger partial charge in [-0.05, 0) is 24.6 Å². The highest BCUT2D eigenvalue weighted by atomic mass is 32.2. The van der Waals surface area contributed by atoms with Crippen molar-refractivity contribution in [3.8, 4) is 5.88 Å². The van der Waals surface area contributed by atoms with Crippen molar-refractivity contribution in [1.82, 2.24) is 9.97 Å². The van der Waals surface area contributed by atoms with Crippen LogP contribution in [0.15, 0.2) is 18.2 Å². The Hall–Kier alpha value is -2.63. The third kappa shape index (κ3) is 4.31. The van der Waals surface area contributed by atoms with Crippen LogP contribution in [0.3, 0.4) is 0 Å². The third-order valence-electron chi connectivity index (χ3n) is 3.17. The Morgan fingerprint density at radius 1 is 1.27 bits per heavy atom. The van der Waals surface area contributed by atoms with Crippen LogP contribution in [0, 0.1) is 0 Å². The minimum atomic E-state index is -5.93. The van der Waals surface area contributed by atoms with Crippen LogP contribution in [0.5, 0.6) is 5.88 Å². The van der Waals surface area contributed by atoms with Crippen LogP contribution in [-0.4, -0.2) is 41.5 Å². The summed E-state index contributed by atoms with van der Waals surface area (Å²) in [6.07, 6.45) is 1.38. The number of hydrogen-bond acceptors (Lipinski definition) is 7. The zero-order chi connectivity index (χ0) is 19.5. The molecular weight excluding hydrogens is 379 g/mol. The topological polar surface area (TPSA) is 118 Å². The standard InChI is InChI=1S/C14H14F3N3O5S/c1-2-3-6-18-11-12(25-26(23,24)14(15,16)17)20-9-5-4-8(13(21)22)7-10(9)19-11/h4-5,7H,2-3,6H2,1H3,(H,18,19)(H,21,22). The van der Waals surface area contributed by atoms with Gasteiger partial charge in [0.25, 0.3) is 5.88 Å². The maximum absolute atomic E-state index is 12.6. The molecule has 26 heavy (non-hydrogen) atoms. The van der Waals surface area contributed by atoms with Crippen LogP contribution in [-0.2, 0) is 10.1 Å². The molecule has 0 radical (unpaired) electrons. The van der Waals surface area contributed by atoms with E-state index < -0.39 is 27.5 Å². The van der Waals surface area contributed by atoms with Crippen molar-refractivity contribution in [3.05, 3.63) is 23.8 Å². The van der Waals surface area contributed by atoms with Gasteiger partial charge in [-0.1, -0.05) is 13.3 Å². The van der Waals surface area contributed by atoms with E-state index in [1.165, 1.54) is 6.07 Å². The van der Waals surface area contributed by atoms with Crippen molar-refractivity contribution in [1.29, 1.82) is 0 Å². The van der Waals surface area contributed by atoms with Crippen molar-refractivity contribution < 1.29 is 35.7 Å². The van der Waals surface area contributed by atoms with E-state index in [0.717, 1.165) is 18.6 Å². The molecule has 0 fully saturated rings. The maximum atomic E-state index is 12.6. The van der Waals surface area contributed by atoms with Gasteiger partial charge in [0.2, 0.25) is 0 Å². The van der Waals surface area contributed by atoms with Gasteiger partial charge >= 0.3 is 21.6 Å². The third-order valence-corrected chi connectivity index (χ3v) is 4.12. The number of hydrogen-bond donors (Lipinski definition) is 2. The number of halogens is 3. The number of benzene rings is 1. The van der Waals surface area contributed by atoms with Gasteiger partial charge in [0, 0.05) is 6.54 Å². The fraction of sp³-hybridized carbons (Fsp3) is 0.357. The number of aromatic nitrogens is 2. The number of carboxylic acids is 1. The van der Waals surface area contributed by atoms with E-state index in [1.54, 1.807) is 0 Å². The molecule has 12 heteroatoms. The second-order valence-corrected chi connectivity index (χ2v) is 6.69. The fourth-order valence-electron chi connectivity index (χ4n) is 1.88. The Balaban J connectivity index is 2.53. The average molecular weight is 393 g/mol. The number of anilines is 1. The Bertz CT molecular complexity index is 931. The molecule has 0 spiro atoms. The van der Waals surface area contributed by atoms with E-state index >= 15 is 0 Å². The number of carbonyl (C=O) groups is 1. The first-order valence-corrected chi connectivity index (χ1v) is 8.75. The van der Waals surface area contributed by atoms with Crippen LogP contribution in [0.4, 0.5) is 19.0 Å². The van der Waals surface area contributed by atoms with Gasteiger partial charge in [-0.15, -0.1) is 0 Å². The molecule has 0 aliphatic heterocycles. The summed E-state index contributed by atoms with van der Waals surface area (Å²) >= 11 is 0. The molecule has 0 unspecified atom stereocenters. The monoisotopic (exact) mass is 393 g/mol. The molecule has 2 aromatic rings. The molecule has 0 bridgehead atoms. The summed E-state index contributed by atoms with van der Waals surface area (Å²) < 4.78 is 64.3. The lowest BCUT2D eigenvalue weighted by Gasteiger charge is -2.13. The molecular formula is C14H14F3N3O5S. The zero-order valence-corrected chi connectivity index (χ0v) is 14.2. The van der Waals surface area contributed by atoms with Crippen LogP contribution in [0.25, 0.3) is 11.0 Å². The Morgan fingerprint density at radius 2 is 1.96 bits per heavy atom. The van der Waals surface area contributed by atoms with Gasteiger partial charge in [-0.25, -0.2) is 14.8 Å². The Kier molecular flexibility index (Phi) is 5.54. The Labute approximate surface area is 146 Å². The molecule has 0 aliphatic rings. The Morgan fingerprint density at radius 3 is 2.54 bits per heavy atom. The predicted molar refractivity (Wildman–Crippen MR) is 85.5 cm³/mol. The number of carboxylic acid groups (broad SMARTS) is 1. The molecule has 1 aromatic carbocycles. The van der Waals surface area contributed by atoms with Crippen molar-refractivity contribution >= 4 is 32.9 Å². The molecule has 2 rings (SSSR count). The molecule has 8 nitrogen and oxygen atoms in total. The van der Waals surface area contributed by atoms with Crippen molar-refractivity contribution in [3.63, 3.8) is 0 Å². The smallest absolute Gasteiger partial charge is 0.478 e. The molecule has 2 N–H and O–H groups in total. The number of nitrogens with one attached hydrogen (secondary N) is 1. The first-order valence-electron chi connectivity index (χ1n) is 7.35. The first-order chi connectivity index (χ1) is 12.0. The van der Waals surface area contributed by atoms with Gasteiger partial charge < -0.3 is 14.6 Å². The van der Waals surface area contributed by atoms with E-state index in [1.807, 2.05) is 6.92 Å². The normalized spacial score (nSPS) is 12.2. The number of alkyl halides is 3. The van der Waals surface area contributed by atoms with E-state index in [-0.39, 0.29) is 29.0 Å². The van der Waals surface area contributed by atoms with Crippen molar-refractivity contribution in [2.75, 3.05) is 11.9 Å². The predicted octanol–water partition coefficient (Wildman–Crippen LogP) is 2.77. The van der Waals surface area contributed by atoms with Crippen molar-refractivity contribution in [2.45, 2.75) is 25.3 Å². The summed E-state index contributed by atoms with van der Waals surface area (Å²) in [6.45, 7) is 2.15. The highest BCUT2D eigenvalue weighted by Crippen LogP contribution is 2.31. The summed E-state index contributed by atoms with van der Waals surface area (Å²) in [5, 5.41) is 11.6. The largest absolute Gasteiger partial charge is 0.534 e. The van der Waals surface area contributed by atoms with Crippen LogP contribution >= 0.6 is 0 Å². The van der Waals surface area contributed by atoms with E-state index in [9.17, 15) is 26.4 Å². The summed E-state index contributed by atoms with van der Waals surface area (Å²) in [7, 11) is -5.93. The van der Waals surface area contributed by atoms with Crippen LogP contribution in [0.1, 0.15) is 30.1 Å². The highest BCUT2D eigenvalue weighted by Gasteiger charge is 2.49. The minimum Gasteiger partial charge on any atom is -0.478 e. The molecule has 0 saturated heterocycles. The molecule has 1 heterocycles. The SMILES string of the molecule is CCCCNc1nc2cc(C(=O)O)ccc2nc1OS(=O)(=O)C(F)(F)F. The molecule has 1 aromatic heterocycles. The lowest BCUT2D eigenvalue weighted by atomic mass is 10.2. The lowest BCUT2D eigenvalue weighted by Crippen LogP contribution is -2.28. The fourth-order valence-corrected chi connectivity index (χ4v) is 2.30. The number of fused-ring (bicyclic) bond motifs is 1. The second-order valence-electron chi connectivity index (χ2n) is 5.15. The summed E-state index contributed by atoms with van der Waals surface area (Å²) in [5.74, 6) is -2.43. The molecule has 142 valence electrons. The average Bonchev–Trinajstić information content (AvgIpc) is 2.53. The van der Waals surface area contributed by atoms with Crippen LogP contribution in [0.2, 0.25) is 0 Å². The number of aromatic carboxylic acids is 1. The molecule has 0 atom stereocenters. The first kappa shape index (κ1) is 19.7. The zero-order valence-electron chi connectivity index (χ0n) is 13.4. The molecule has 0 saturated carbocycles. The number of unbranched alkanes of at least 4 members (excludes halogenated alkanes) is 1. The molecule has 0 amide bonds. The van der Waals surface area contributed by atoms with Gasteiger partial charge in [0.15, 0.2) is 5.82 Å². The van der Waals surface area contributed by atoms with Crippen LogP contribution < -0.4 is 9.50 Å². The van der Waals surface area contributed by atoms with Gasteiger partial charge in [-0.3, -0.25) is 0 Å². The van der Waals surface area contributed by atoms with E-state index in [0.29, 0.717) is 6.42 Å². The maximum Gasteiger partial charge on any atom is 0.534 e. The highest BCUT2D eigenvalue weighted by molar-refractivity contribution is 7.88. The van der Waals surface area contributed by atoms with E-state index in [2.05, 4.69) is 19.5 Å².